The number of carbonyl (C=O) groups is 1. The van der Waals surface area contributed by atoms with Crippen LogP contribution in [-0.2, 0) is 4.79 Å². The van der Waals surface area contributed by atoms with E-state index in [4.69, 9.17) is 0 Å². The Bertz CT molecular complexity index is 855. The highest BCUT2D eigenvalue weighted by Gasteiger charge is 2.24. The summed E-state index contributed by atoms with van der Waals surface area (Å²) in [6.07, 6.45) is 9.47. The van der Waals surface area contributed by atoms with Gasteiger partial charge in [0.05, 0.1) is 10.6 Å². The standard InChI is InChI=1S/C20H27N5OS/c1-14-11-23-19-18(14)16(6-8-22-19)25-9-10-27-17(13-25)20(26)24(2)12-15-5-3-4-7-21-15/h6,8,11,13,15,21H,3-5,7,9-10,12H2,1-2H3,(H,22,23)/t15-/m1/s1. The molecule has 2 aromatic rings. The van der Waals surface area contributed by atoms with E-state index in [9.17, 15) is 4.79 Å². The minimum atomic E-state index is 0.119. The van der Waals surface area contributed by atoms with Gasteiger partial charge in [-0.05, 0) is 37.9 Å². The predicted octanol–water partition coefficient (Wildman–Crippen LogP) is 2.87. The van der Waals surface area contributed by atoms with E-state index in [1.807, 2.05) is 36.6 Å². The molecule has 0 unspecified atom stereocenters. The highest BCUT2D eigenvalue weighted by Crippen LogP contribution is 2.32. The van der Waals surface area contributed by atoms with Crippen LogP contribution in [0.4, 0.5) is 5.69 Å². The maximum Gasteiger partial charge on any atom is 0.261 e. The zero-order valence-corrected chi connectivity index (χ0v) is 16.8. The Labute approximate surface area is 164 Å². The van der Waals surface area contributed by atoms with Gasteiger partial charge >= 0.3 is 0 Å². The Hall–Kier alpha value is -1.99. The molecule has 0 aliphatic carbocycles. The number of likely N-dealkylation sites (N-methyl/N-ethyl adjacent to an activating group) is 1. The van der Waals surface area contributed by atoms with Crippen molar-refractivity contribution in [1.29, 1.82) is 0 Å². The van der Waals surface area contributed by atoms with Crippen molar-refractivity contribution in [2.24, 2.45) is 0 Å². The fraction of sp³-hybridized carbons (Fsp3) is 0.500. The lowest BCUT2D eigenvalue weighted by molar-refractivity contribution is -0.125. The maximum atomic E-state index is 13.0. The molecule has 27 heavy (non-hydrogen) atoms. The number of aryl methyl sites for hydroxylation is 1. The molecule has 144 valence electrons. The largest absolute Gasteiger partial charge is 0.346 e. The number of hydrogen-bond donors (Lipinski definition) is 2. The number of rotatable bonds is 4. The van der Waals surface area contributed by atoms with Gasteiger partial charge in [-0.3, -0.25) is 4.79 Å². The first-order valence-corrected chi connectivity index (χ1v) is 10.6. The van der Waals surface area contributed by atoms with E-state index in [1.54, 1.807) is 11.8 Å². The topological polar surface area (TPSA) is 64.3 Å². The molecule has 4 rings (SSSR count). The molecule has 6 nitrogen and oxygen atoms in total. The zero-order valence-electron chi connectivity index (χ0n) is 16.0. The molecule has 1 atom stereocenters. The lowest BCUT2D eigenvalue weighted by Crippen LogP contribution is -2.44. The number of pyridine rings is 1. The molecule has 2 N–H and O–H groups in total. The summed E-state index contributed by atoms with van der Waals surface area (Å²) in [5.41, 5.74) is 3.18. The quantitative estimate of drug-likeness (QED) is 0.847. The summed E-state index contributed by atoms with van der Waals surface area (Å²) >= 11 is 1.66. The number of aromatic amines is 1. The van der Waals surface area contributed by atoms with E-state index in [-0.39, 0.29) is 5.91 Å². The number of fused-ring (bicyclic) bond motifs is 1. The van der Waals surface area contributed by atoms with Crippen LogP contribution in [0.5, 0.6) is 0 Å². The summed E-state index contributed by atoms with van der Waals surface area (Å²) in [4.78, 5) is 25.5. The highest BCUT2D eigenvalue weighted by molar-refractivity contribution is 8.04. The van der Waals surface area contributed by atoms with Crippen LogP contribution in [-0.4, -0.2) is 59.3 Å². The molecule has 1 saturated heterocycles. The molecule has 1 fully saturated rings. The summed E-state index contributed by atoms with van der Waals surface area (Å²) in [5, 5.41) is 4.66. The fourth-order valence-corrected chi connectivity index (χ4v) is 4.91. The number of nitrogens with one attached hydrogen (secondary N) is 2. The molecule has 1 amide bonds. The van der Waals surface area contributed by atoms with Crippen molar-refractivity contribution in [3.05, 3.63) is 35.1 Å². The number of H-pyrrole nitrogens is 1. The number of amides is 1. The van der Waals surface area contributed by atoms with E-state index in [1.165, 1.54) is 18.4 Å². The predicted molar refractivity (Wildman–Crippen MR) is 112 cm³/mol. The molecular weight excluding hydrogens is 358 g/mol. The Morgan fingerprint density at radius 2 is 2.33 bits per heavy atom. The lowest BCUT2D eigenvalue weighted by atomic mass is 10.0. The van der Waals surface area contributed by atoms with Crippen LogP contribution in [0, 0.1) is 6.92 Å². The van der Waals surface area contributed by atoms with Crippen LogP contribution >= 0.6 is 11.8 Å². The second kappa shape index (κ2) is 7.94. The van der Waals surface area contributed by atoms with E-state index in [0.29, 0.717) is 6.04 Å². The van der Waals surface area contributed by atoms with Gasteiger partial charge in [0.15, 0.2) is 0 Å². The van der Waals surface area contributed by atoms with Gasteiger partial charge in [0.25, 0.3) is 5.91 Å². The van der Waals surface area contributed by atoms with Crippen molar-refractivity contribution in [2.45, 2.75) is 32.2 Å². The van der Waals surface area contributed by atoms with Crippen molar-refractivity contribution in [1.82, 2.24) is 20.2 Å². The van der Waals surface area contributed by atoms with Gasteiger partial charge in [0.1, 0.15) is 5.65 Å². The van der Waals surface area contributed by atoms with Crippen molar-refractivity contribution in [3.8, 4) is 0 Å². The smallest absolute Gasteiger partial charge is 0.261 e. The number of carbonyl (C=O) groups excluding carboxylic acids is 1. The average molecular weight is 386 g/mol. The Morgan fingerprint density at radius 3 is 3.15 bits per heavy atom. The SMILES string of the molecule is Cc1c[nH]c2nccc(N3C=C(C(=O)N(C)C[C@H]4CCCCN4)SCC3)c12. The molecule has 4 heterocycles. The molecule has 0 bridgehead atoms. The molecule has 0 saturated carbocycles. The zero-order chi connectivity index (χ0) is 18.8. The van der Waals surface area contributed by atoms with Gasteiger partial charge in [0, 0.05) is 55.9 Å². The first-order valence-electron chi connectivity index (χ1n) is 9.66. The summed E-state index contributed by atoms with van der Waals surface area (Å²) in [5.74, 6) is 1.02. The number of piperidine rings is 1. The first-order chi connectivity index (χ1) is 13.1. The highest BCUT2D eigenvalue weighted by atomic mass is 32.2. The van der Waals surface area contributed by atoms with E-state index >= 15 is 0 Å². The van der Waals surface area contributed by atoms with Crippen molar-refractivity contribution in [3.63, 3.8) is 0 Å². The maximum absolute atomic E-state index is 13.0. The van der Waals surface area contributed by atoms with Crippen molar-refractivity contribution >= 4 is 34.4 Å². The number of aromatic nitrogens is 2. The third kappa shape index (κ3) is 3.84. The third-order valence-electron chi connectivity index (χ3n) is 5.39. The van der Waals surface area contributed by atoms with Crippen molar-refractivity contribution < 1.29 is 4.79 Å². The van der Waals surface area contributed by atoms with Crippen LogP contribution in [0.2, 0.25) is 0 Å². The Morgan fingerprint density at radius 1 is 1.44 bits per heavy atom. The molecule has 2 aliphatic heterocycles. The summed E-state index contributed by atoms with van der Waals surface area (Å²) in [6, 6.07) is 2.45. The molecule has 0 spiro atoms. The second-order valence-electron chi connectivity index (χ2n) is 7.39. The van der Waals surface area contributed by atoms with E-state index in [2.05, 4.69) is 27.1 Å². The molecule has 0 radical (unpaired) electrons. The van der Waals surface area contributed by atoms with Crippen LogP contribution < -0.4 is 10.2 Å². The summed E-state index contributed by atoms with van der Waals surface area (Å²) in [6.45, 7) is 4.81. The third-order valence-corrected chi connectivity index (χ3v) is 6.36. The molecule has 0 aromatic carbocycles. The number of hydrogen-bond acceptors (Lipinski definition) is 5. The molecule has 7 heteroatoms. The van der Waals surface area contributed by atoms with Gasteiger partial charge in [-0.25, -0.2) is 4.98 Å². The first kappa shape index (κ1) is 18.4. The van der Waals surface area contributed by atoms with Gasteiger partial charge in [-0.2, -0.15) is 0 Å². The van der Waals surface area contributed by atoms with Gasteiger partial charge in [-0.15, -0.1) is 11.8 Å². The van der Waals surface area contributed by atoms with Gasteiger partial charge in [-0.1, -0.05) is 6.42 Å². The normalized spacial score (nSPS) is 20.6. The monoisotopic (exact) mass is 385 g/mol. The Balaban J connectivity index is 1.53. The van der Waals surface area contributed by atoms with Gasteiger partial charge in [0.2, 0.25) is 0 Å². The minimum Gasteiger partial charge on any atom is -0.346 e. The van der Waals surface area contributed by atoms with Crippen molar-refractivity contribution in [2.75, 3.05) is 37.3 Å². The van der Waals surface area contributed by atoms with E-state index in [0.717, 1.165) is 53.4 Å². The number of anilines is 1. The second-order valence-corrected chi connectivity index (χ2v) is 8.53. The van der Waals surface area contributed by atoms with E-state index < -0.39 is 0 Å². The number of thioether (sulfide) groups is 1. The van der Waals surface area contributed by atoms with Gasteiger partial charge < -0.3 is 20.1 Å². The fourth-order valence-electron chi connectivity index (χ4n) is 3.92. The number of nitrogens with zero attached hydrogens (tertiary/aromatic N) is 3. The minimum absolute atomic E-state index is 0.119. The molecular formula is C20H27N5OS. The van der Waals surface area contributed by atoms with Crippen LogP contribution in [0.25, 0.3) is 11.0 Å². The molecule has 2 aromatic heterocycles. The lowest BCUT2D eigenvalue weighted by Gasteiger charge is -2.31. The van der Waals surface area contributed by atoms with Crippen LogP contribution in [0.1, 0.15) is 24.8 Å². The van der Waals surface area contributed by atoms with Crippen LogP contribution in [0.15, 0.2) is 29.6 Å². The summed E-state index contributed by atoms with van der Waals surface area (Å²) in [7, 11) is 1.92. The molecule has 2 aliphatic rings. The summed E-state index contributed by atoms with van der Waals surface area (Å²) < 4.78 is 0. The average Bonchev–Trinajstić information content (AvgIpc) is 3.09. The van der Waals surface area contributed by atoms with Crippen LogP contribution in [0.3, 0.4) is 0 Å². The Kier molecular flexibility index (Phi) is 5.41.